The number of alkyl halides is 2. The zero-order valence-corrected chi connectivity index (χ0v) is 12.7. The van der Waals surface area contributed by atoms with Crippen LogP contribution in [0.3, 0.4) is 0 Å². The molecule has 0 aromatic carbocycles. The summed E-state index contributed by atoms with van der Waals surface area (Å²) < 4.78 is 32.8. The third-order valence-electron chi connectivity index (χ3n) is 2.38. The maximum absolute atomic E-state index is 13.1. The smallest absolute Gasteiger partial charge is 0.361 e. The van der Waals surface area contributed by atoms with E-state index in [9.17, 15) is 13.6 Å². The lowest BCUT2D eigenvalue weighted by Crippen LogP contribution is -2.11. The van der Waals surface area contributed by atoms with Gasteiger partial charge in [0.2, 0.25) is 0 Å². The van der Waals surface area contributed by atoms with Gasteiger partial charge in [0.05, 0.1) is 16.9 Å². The van der Waals surface area contributed by atoms with E-state index in [1.807, 2.05) is 6.07 Å². The summed E-state index contributed by atoms with van der Waals surface area (Å²) in [5, 5.41) is 7.13. The largest absolute Gasteiger partial charge is 0.461 e. The average Bonchev–Trinajstić information content (AvgIpc) is 2.96. The van der Waals surface area contributed by atoms with Crippen molar-refractivity contribution in [3.63, 3.8) is 0 Å². The fourth-order valence-corrected chi connectivity index (χ4v) is 3.05. The quantitative estimate of drug-likeness (QED) is 0.763. The molecule has 0 unspecified atom stereocenters. The lowest BCUT2D eigenvalue weighted by atomic mass is 10.3. The summed E-state index contributed by atoms with van der Waals surface area (Å²) in [6.45, 7) is 1.81. The average molecular weight is 366 g/mol. The van der Waals surface area contributed by atoms with Gasteiger partial charge in [0, 0.05) is 4.88 Å². The third-order valence-corrected chi connectivity index (χ3v) is 3.99. The van der Waals surface area contributed by atoms with Crippen molar-refractivity contribution in [2.24, 2.45) is 0 Å². The van der Waals surface area contributed by atoms with Crippen LogP contribution in [0.15, 0.2) is 15.9 Å². The third kappa shape index (κ3) is 3.21. The van der Waals surface area contributed by atoms with E-state index in [2.05, 4.69) is 26.2 Å². The molecule has 2 aromatic rings. The van der Waals surface area contributed by atoms with Gasteiger partial charge in [-0.1, -0.05) is 5.21 Å². The number of carbonyl (C=O) groups excluding carboxylic acids is 1. The van der Waals surface area contributed by atoms with Crippen LogP contribution in [0.5, 0.6) is 0 Å². The van der Waals surface area contributed by atoms with Crippen LogP contribution < -0.4 is 0 Å². The Labute approximate surface area is 125 Å². The Hall–Kier alpha value is -1.35. The van der Waals surface area contributed by atoms with Gasteiger partial charge in [-0.25, -0.2) is 18.3 Å². The molecule has 0 aliphatic carbocycles. The molecule has 9 heteroatoms. The van der Waals surface area contributed by atoms with Crippen LogP contribution >= 0.6 is 27.3 Å². The van der Waals surface area contributed by atoms with Crippen molar-refractivity contribution in [3.8, 4) is 0 Å². The van der Waals surface area contributed by atoms with E-state index in [0.29, 0.717) is 0 Å². The van der Waals surface area contributed by atoms with Crippen molar-refractivity contribution >= 4 is 33.2 Å². The van der Waals surface area contributed by atoms with E-state index in [-0.39, 0.29) is 13.2 Å². The van der Waals surface area contributed by atoms with Crippen molar-refractivity contribution in [1.82, 2.24) is 15.0 Å². The highest BCUT2D eigenvalue weighted by Gasteiger charge is 2.27. The Morgan fingerprint density at radius 1 is 1.55 bits per heavy atom. The van der Waals surface area contributed by atoms with Crippen molar-refractivity contribution in [1.29, 1.82) is 0 Å². The number of ether oxygens (including phenoxy) is 1. The lowest BCUT2D eigenvalue weighted by Gasteiger charge is -2.05. The predicted octanol–water partition coefficient (Wildman–Crippen LogP) is 3.26. The number of rotatable bonds is 5. The predicted molar refractivity (Wildman–Crippen MR) is 72.1 cm³/mol. The molecule has 0 bridgehead atoms. The first-order chi connectivity index (χ1) is 9.52. The summed E-state index contributed by atoms with van der Waals surface area (Å²) in [5.74, 6) is -0.888. The molecule has 2 rings (SSSR count). The molecule has 108 valence electrons. The number of hydrogen-bond donors (Lipinski definition) is 0. The van der Waals surface area contributed by atoms with E-state index in [1.54, 1.807) is 13.0 Å². The zero-order valence-electron chi connectivity index (χ0n) is 10.3. The number of nitrogens with zero attached hydrogens (tertiary/aromatic N) is 3. The number of carbonyl (C=O) groups is 1. The topological polar surface area (TPSA) is 57.0 Å². The minimum Gasteiger partial charge on any atom is -0.461 e. The molecular formula is C11H10BrF2N3O2S. The van der Waals surface area contributed by atoms with Crippen LogP contribution in [0.2, 0.25) is 0 Å². The molecule has 0 fully saturated rings. The normalized spacial score (nSPS) is 11.1. The molecule has 0 N–H and O–H groups in total. The zero-order chi connectivity index (χ0) is 14.7. The molecule has 2 heterocycles. The standard InChI is InChI=1S/C11H10BrF2N3O2S/c1-2-19-11(18)8-9(10(13)14)17(16-15-8)5-6-3-4-7(12)20-6/h3-4,10H,2,5H2,1H3. The van der Waals surface area contributed by atoms with E-state index in [0.717, 1.165) is 13.3 Å². The second-order valence-corrected chi connectivity index (χ2v) is 6.26. The van der Waals surface area contributed by atoms with Crippen LogP contribution in [0.4, 0.5) is 8.78 Å². The SMILES string of the molecule is CCOC(=O)c1nnn(Cc2ccc(Br)s2)c1C(F)F. The summed E-state index contributed by atoms with van der Waals surface area (Å²) in [7, 11) is 0. The van der Waals surface area contributed by atoms with E-state index < -0.39 is 23.8 Å². The molecule has 0 atom stereocenters. The van der Waals surface area contributed by atoms with Gasteiger partial charge in [0.15, 0.2) is 5.69 Å². The van der Waals surface area contributed by atoms with Crippen molar-refractivity contribution in [3.05, 3.63) is 32.2 Å². The lowest BCUT2D eigenvalue weighted by molar-refractivity contribution is 0.0506. The van der Waals surface area contributed by atoms with E-state index >= 15 is 0 Å². The maximum atomic E-state index is 13.1. The first-order valence-corrected chi connectivity index (χ1v) is 7.26. The Balaban J connectivity index is 2.31. The van der Waals surface area contributed by atoms with Crippen LogP contribution in [0, 0.1) is 0 Å². The van der Waals surface area contributed by atoms with Crippen LogP contribution in [0.25, 0.3) is 0 Å². The summed E-state index contributed by atoms with van der Waals surface area (Å²) in [6, 6.07) is 3.60. The summed E-state index contributed by atoms with van der Waals surface area (Å²) in [4.78, 5) is 12.4. The molecule has 0 amide bonds. The summed E-state index contributed by atoms with van der Waals surface area (Å²) in [6.07, 6.45) is -2.85. The number of hydrogen-bond acceptors (Lipinski definition) is 5. The molecule has 0 saturated heterocycles. The van der Waals surface area contributed by atoms with Gasteiger partial charge in [-0.2, -0.15) is 0 Å². The molecule has 0 aliphatic rings. The van der Waals surface area contributed by atoms with Crippen LogP contribution in [-0.4, -0.2) is 27.6 Å². The first kappa shape index (κ1) is 15.0. The van der Waals surface area contributed by atoms with Gasteiger partial charge >= 0.3 is 5.97 Å². The van der Waals surface area contributed by atoms with Gasteiger partial charge in [0.1, 0.15) is 5.69 Å². The Morgan fingerprint density at radius 3 is 2.85 bits per heavy atom. The Bertz CT molecular complexity index is 615. The van der Waals surface area contributed by atoms with Gasteiger partial charge in [-0.15, -0.1) is 16.4 Å². The van der Waals surface area contributed by atoms with Crippen molar-refractivity contribution in [2.75, 3.05) is 6.61 Å². The number of halogens is 3. The Kier molecular flexibility index (Phi) is 4.81. The molecule has 0 aliphatic heterocycles. The molecule has 2 aromatic heterocycles. The highest BCUT2D eigenvalue weighted by Crippen LogP contribution is 2.26. The highest BCUT2D eigenvalue weighted by molar-refractivity contribution is 9.11. The number of thiophene rings is 1. The van der Waals surface area contributed by atoms with E-state index in [1.165, 1.54) is 11.3 Å². The second-order valence-electron chi connectivity index (χ2n) is 3.71. The van der Waals surface area contributed by atoms with Gasteiger partial charge in [0.25, 0.3) is 6.43 Å². The van der Waals surface area contributed by atoms with Gasteiger partial charge in [-0.05, 0) is 35.0 Å². The Morgan fingerprint density at radius 2 is 2.30 bits per heavy atom. The molecule has 0 saturated carbocycles. The first-order valence-electron chi connectivity index (χ1n) is 5.65. The highest BCUT2D eigenvalue weighted by atomic mass is 79.9. The van der Waals surface area contributed by atoms with Crippen molar-refractivity contribution < 1.29 is 18.3 Å². The monoisotopic (exact) mass is 365 g/mol. The van der Waals surface area contributed by atoms with Crippen LogP contribution in [0.1, 0.15) is 34.4 Å². The number of aromatic nitrogens is 3. The molecule has 20 heavy (non-hydrogen) atoms. The molecule has 5 nitrogen and oxygen atoms in total. The maximum Gasteiger partial charge on any atom is 0.361 e. The van der Waals surface area contributed by atoms with Gasteiger partial charge in [-0.3, -0.25) is 0 Å². The second kappa shape index (κ2) is 6.40. The molecular weight excluding hydrogens is 356 g/mol. The number of esters is 1. The molecule has 0 radical (unpaired) electrons. The fraction of sp³-hybridized carbons (Fsp3) is 0.364. The molecule has 0 spiro atoms. The summed E-state index contributed by atoms with van der Waals surface area (Å²) in [5.41, 5.74) is -0.953. The fourth-order valence-electron chi connectivity index (χ4n) is 1.58. The minimum atomic E-state index is -2.85. The van der Waals surface area contributed by atoms with Crippen molar-refractivity contribution in [2.45, 2.75) is 19.9 Å². The van der Waals surface area contributed by atoms with E-state index in [4.69, 9.17) is 4.74 Å². The van der Waals surface area contributed by atoms with Gasteiger partial charge < -0.3 is 4.74 Å². The minimum absolute atomic E-state index is 0.0895. The summed E-state index contributed by atoms with van der Waals surface area (Å²) >= 11 is 4.69. The van der Waals surface area contributed by atoms with Crippen LogP contribution in [-0.2, 0) is 11.3 Å².